The summed E-state index contributed by atoms with van der Waals surface area (Å²) in [7, 11) is 0. The molecule has 4 aromatic carbocycles. The number of hydrogen-bond acceptors (Lipinski definition) is 13. The largest absolute Gasteiger partial charge is 0.494 e. The molecule has 0 saturated carbocycles. The normalized spacial score (nSPS) is 10.8. The second kappa shape index (κ2) is 26.9. The van der Waals surface area contributed by atoms with E-state index in [4.69, 9.17) is 33.2 Å². The number of benzene rings is 4. The summed E-state index contributed by atoms with van der Waals surface area (Å²) in [5.41, 5.74) is 2.16. The van der Waals surface area contributed by atoms with Gasteiger partial charge in [0.2, 0.25) is 0 Å². The Bertz CT molecular complexity index is 2080. The fourth-order valence-electron chi connectivity index (χ4n) is 5.44. The van der Waals surface area contributed by atoms with Crippen molar-refractivity contribution in [2.24, 2.45) is 10.2 Å². The molecule has 0 fully saturated rings. The van der Waals surface area contributed by atoms with E-state index >= 15 is 0 Å². The van der Waals surface area contributed by atoms with Crippen molar-refractivity contribution in [3.8, 4) is 28.7 Å². The van der Waals surface area contributed by atoms with Crippen molar-refractivity contribution in [2.45, 2.75) is 58.3 Å². The molecule has 0 bridgehead atoms. The second-order valence-corrected chi connectivity index (χ2v) is 13.3. The summed E-state index contributed by atoms with van der Waals surface area (Å²) in [6.07, 6.45) is 12.4. The fraction of sp³-hybridized carbons (Fsp3) is 0.292. The number of rotatable bonds is 27. The van der Waals surface area contributed by atoms with Crippen LogP contribution in [-0.2, 0) is 19.1 Å². The number of hydrogen-bond donors (Lipinski definition) is 0. The molecule has 4 aromatic rings. The fourth-order valence-corrected chi connectivity index (χ4v) is 5.44. The van der Waals surface area contributed by atoms with Gasteiger partial charge in [0.05, 0.1) is 56.6 Å². The second-order valence-electron chi connectivity index (χ2n) is 13.3. The summed E-state index contributed by atoms with van der Waals surface area (Å²) in [6, 6.07) is 25.4. The van der Waals surface area contributed by atoms with Crippen LogP contribution < -0.4 is 23.7 Å². The first-order valence-corrected chi connectivity index (χ1v) is 20.2. The van der Waals surface area contributed by atoms with Gasteiger partial charge in [-0.15, -0.1) is 0 Å². The third kappa shape index (κ3) is 17.8. The van der Waals surface area contributed by atoms with Gasteiger partial charge in [-0.3, -0.25) is 0 Å². The Morgan fingerprint density at radius 2 is 0.934 bits per heavy atom. The van der Waals surface area contributed by atoms with E-state index in [0.717, 1.165) is 69.1 Å². The maximum atomic E-state index is 13.0. The van der Waals surface area contributed by atoms with Gasteiger partial charge in [-0.05, 0) is 160 Å². The van der Waals surface area contributed by atoms with Gasteiger partial charge in [-0.2, -0.15) is 10.2 Å². The Balaban J connectivity index is 1.17. The van der Waals surface area contributed by atoms with E-state index in [0.29, 0.717) is 72.7 Å². The minimum Gasteiger partial charge on any atom is -0.494 e. The number of esters is 4. The van der Waals surface area contributed by atoms with Crippen LogP contribution in [0.4, 0.5) is 0 Å². The van der Waals surface area contributed by atoms with E-state index in [1.165, 1.54) is 0 Å². The first-order valence-electron chi connectivity index (χ1n) is 20.2. The lowest BCUT2D eigenvalue weighted by atomic mass is 10.2. The average Bonchev–Trinajstić information content (AvgIpc) is 3.28. The van der Waals surface area contributed by atoms with Crippen LogP contribution in [0.25, 0.3) is 0 Å². The third-order valence-corrected chi connectivity index (χ3v) is 8.66. The monoisotopic (exact) mass is 832 g/mol. The predicted octanol–water partition coefficient (Wildman–Crippen LogP) is 9.31. The smallest absolute Gasteiger partial charge is 0.343 e. The summed E-state index contributed by atoms with van der Waals surface area (Å²) >= 11 is 0. The van der Waals surface area contributed by atoms with Gasteiger partial charge in [0.25, 0.3) is 0 Å². The molecule has 0 spiro atoms. The summed E-state index contributed by atoms with van der Waals surface area (Å²) < 4.78 is 38.4. The van der Waals surface area contributed by atoms with Crippen molar-refractivity contribution < 1.29 is 52.3 Å². The molecule has 0 radical (unpaired) electrons. The molecule has 0 atom stereocenters. The number of carbonyl (C=O) groups excluding carboxylic acids is 4. The lowest BCUT2D eigenvalue weighted by molar-refractivity contribution is -0.138. The molecule has 0 saturated heterocycles. The lowest BCUT2D eigenvalue weighted by Crippen LogP contribution is -2.10. The molecule has 61 heavy (non-hydrogen) atoms. The highest BCUT2D eigenvalue weighted by Gasteiger charge is 2.14. The van der Waals surface area contributed by atoms with Crippen LogP contribution in [0.3, 0.4) is 0 Å². The number of nitrogens with zero attached hydrogens (tertiary/aromatic N) is 2. The summed E-state index contributed by atoms with van der Waals surface area (Å²) in [4.78, 5) is 47.8. The Morgan fingerprint density at radius 1 is 0.492 bits per heavy atom. The van der Waals surface area contributed by atoms with Crippen LogP contribution in [0.5, 0.6) is 28.7 Å². The SMILES string of the molecule is C=CC(=O)OCCCCCCOc1ccc(C(=O)Oc2ccc(/C=N/N=C/c3ccc(OC(=O)c4ccc(OCCCCCCOC(=O)C=C)cc4)c(OCC)c3)cc2)cc1. The molecule has 0 N–H and O–H groups in total. The zero-order valence-corrected chi connectivity index (χ0v) is 34.5. The average molecular weight is 833 g/mol. The highest BCUT2D eigenvalue weighted by atomic mass is 16.6. The lowest BCUT2D eigenvalue weighted by Gasteiger charge is -2.12. The zero-order chi connectivity index (χ0) is 43.5. The van der Waals surface area contributed by atoms with Gasteiger partial charge in [-0.1, -0.05) is 13.2 Å². The van der Waals surface area contributed by atoms with E-state index in [2.05, 4.69) is 23.4 Å². The minimum absolute atomic E-state index is 0.264. The van der Waals surface area contributed by atoms with Crippen LogP contribution in [-0.4, -0.2) is 69.3 Å². The minimum atomic E-state index is -0.543. The van der Waals surface area contributed by atoms with E-state index in [1.54, 1.807) is 103 Å². The van der Waals surface area contributed by atoms with Crippen LogP contribution in [0.15, 0.2) is 127 Å². The highest BCUT2D eigenvalue weighted by Crippen LogP contribution is 2.29. The van der Waals surface area contributed by atoms with Crippen LogP contribution in [0.2, 0.25) is 0 Å². The van der Waals surface area contributed by atoms with Crippen molar-refractivity contribution in [3.05, 3.63) is 139 Å². The molecule has 0 aliphatic rings. The Kier molecular flexibility index (Phi) is 20.6. The number of carbonyl (C=O) groups is 4. The quantitative estimate of drug-likeness (QED) is 0.0141. The van der Waals surface area contributed by atoms with E-state index in [1.807, 2.05) is 6.92 Å². The van der Waals surface area contributed by atoms with Gasteiger partial charge >= 0.3 is 23.9 Å². The molecule has 0 aliphatic heterocycles. The number of unbranched alkanes of at least 4 members (excludes halogenated alkanes) is 6. The molecule has 0 aliphatic carbocycles. The van der Waals surface area contributed by atoms with Crippen LogP contribution in [0.1, 0.15) is 90.1 Å². The molecule has 0 heterocycles. The van der Waals surface area contributed by atoms with Crippen LogP contribution >= 0.6 is 0 Å². The van der Waals surface area contributed by atoms with E-state index < -0.39 is 23.9 Å². The van der Waals surface area contributed by atoms with Gasteiger partial charge < -0.3 is 33.2 Å². The molecule has 0 aromatic heterocycles. The third-order valence-electron chi connectivity index (χ3n) is 8.66. The molecule has 0 amide bonds. The molecule has 13 heteroatoms. The number of ether oxygens (including phenoxy) is 7. The van der Waals surface area contributed by atoms with Crippen molar-refractivity contribution in [1.29, 1.82) is 0 Å². The Hall–Kier alpha value is -7.02. The van der Waals surface area contributed by atoms with Crippen molar-refractivity contribution in [3.63, 3.8) is 0 Å². The molecular formula is C48H52N2O11. The van der Waals surface area contributed by atoms with Crippen molar-refractivity contribution in [2.75, 3.05) is 33.0 Å². The first-order chi connectivity index (χ1) is 29.8. The predicted molar refractivity (Wildman–Crippen MR) is 232 cm³/mol. The van der Waals surface area contributed by atoms with Crippen molar-refractivity contribution in [1.82, 2.24) is 0 Å². The van der Waals surface area contributed by atoms with Gasteiger partial charge in [0, 0.05) is 12.2 Å². The molecule has 0 unspecified atom stereocenters. The summed E-state index contributed by atoms with van der Waals surface area (Å²) in [5, 5.41) is 8.26. The molecule has 13 nitrogen and oxygen atoms in total. The summed E-state index contributed by atoms with van der Waals surface area (Å²) in [5.74, 6) is 0.465. The summed E-state index contributed by atoms with van der Waals surface area (Å²) in [6.45, 7) is 10.8. The zero-order valence-electron chi connectivity index (χ0n) is 34.5. The first kappa shape index (κ1) is 46.7. The van der Waals surface area contributed by atoms with E-state index in [-0.39, 0.29) is 5.75 Å². The molecule has 4 rings (SSSR count). The van der Waals surface area contributed by atoms with Gasteiger partial charge in [-0.25, -0.2) is 19.2 Å². The topological polar surface area (TPSA) is 158 Å². The van der Waals surface area contributed by atoms with E-state index in [9.17, 15) is 19.2 Å². The Morgan fingerprint density at radius 3 is 1.43 bits per heavy atom. The molecule has 320 valence electrons. The maximum Gasteiger partial charge on any atom is 0.343 e. The molecular weight excluding hydrogens is 781 g/mol. The Labute approximate surface area is 356 Å². The highest BCUT2D eigenvalue weighted by molar-refractivity contribution is 5.92. The van der Waals surface area contributed by atoms with Gasteiger partial charge in [0.1, 0.15) is 17.2 Å². The van der Waals surface area contributed by atoms with Crippen LogP contribution in [0, 0.1) is 0 Å². The maximum absolute atomic E-state index is 13.0. The van der Waals surface area contributed by atoms with Crippen molar-refractivity contribution >= 4 is 36.3 Å². The standard InChI is InChI=1S/C48H52N2O11/c1-4-45(51)58-31-13-9-7-11-29-56-40-24-18-38(19-25-40)47(53)60-42-22-15-36(16-23-42)34-49-50-35-37-17-28-43(44(33-37)55-6-3)61-48(54)39-20-26-41(27-21-39)57-30-12-8-10-14-32-59-46(52)5-2/h4-5,15-28,33-35H,1-2,6-14,29-32H2,3H3/b49-34+,50-35+. The van der Waals surface area contributed by atoms with Gasteiger partial charge in [0.15, 0.2) is 11.5 Å².